The van der Waals surface area contributed by atoms with Crippen LogP contribution in [0.1, 0.15) is 12.0 Å². The monoisotopic (exact) mass is 255 g/mol. The molecule has 1 aromatic rings. The molecular formula is C11H10ClNO4. The standard InChI is InChI=1S/C11H10ClNO4/c12-8-3-1-2-7(6-8)4-5-9(14)10(13-17)11(15)16/h1-3,6,14H,4-5H2,(H,15,16). The third-order valence-corrected chi connectivity index (χ3v) is 2.34. The Hall–Kier alpha value is -1.88. The highest BCUT2D eigenvalue weighted by atomic mass is 35.5. The number of aryl methyl sites for hydroxylation is 1. The minimum absolute atomic E-state index is 0.0215. The average molecular weight is 256 g/mol. The summed E-state index contributed by atoms with van der Waals surface area (Å²) in [6.45, 7) is 0. The van der Waals surface area contributed by atoms with Crippen molar-refractivity contribution in [2.75, 3.05) is 0 Å². The first kappa shape index (κ1) is 13.2. The Kier molecular flexibility index (Phi) is 4.66. The molecule has 0 aliphatic carbocycles. The van der Waals surface area contributed by atoms with E-state index in [1.54, 1.807) is 24.3 Å². The maximum Gasteiger partial charge on any atom is 0.361 e. The second-order valence-electron chi connectivity index (χ2n) is 3.32. The Morgan fingerprint density at radius 2 is 2.06 bits per heavy atom. The predicted octanol–water partition coefficient (Wildman–Crippen LogP) is 2.89. The van der Waals surface area contributed by atoms with Crippen LogP contribution in [0.15, 0.2) is 40.9 Å². The Morgan fingerprint density at radius 3 is 2.59 bits per heavy atom. The van der Waals surface area contributed by atoms with E-state index in [1.165, 1.54) is 0 Å². The van der Waals surface area contributed by atoms with Crippen molar-refractivity contribution in [3.63, 3.8) is 0 Å². The number of aliphatic hydroxyl groups excluding tert-OH is 1. The fraction of sp³-hybridized carbons (Fsp3) is 0.182. The second-order valence-corrected chi connectivity index (χ2v) is 3.76. The molecule has 0 aliphatic rings. The SMILES string of the molecule is O=NC(C(=O)O)=C(O)CCc1cccc(Cl)c1. The van der Waals surface area contributed by atoms with Crippen molar-refractivity contribution in [3.8, 4) is 0 Å². The van der Waals surface area contributed by atoms with Crippen molar-refractivity contribution >= 4 is 17.6 Å². The molecule has 0 fully saturated rings. The summed E-state index contributed by atoms with van der Waals surface area (Å²) in [6, 6.07) is 6.93. The minimum atomic E-state index is -1.54. The number of nitroso groups, excluding NO2 is 1. The summed E-state index contributed by atoms with van der Waals surface area (Å²) in [4.78, 5) is 20.7. The first-order valence-electron chi connectivity index (χ1n) is 4.77. The van der Waals surface area contributed by atoms with Gasteiger partial charge in [0.1, 0.15) is 5.76 Å². The maximum atomic E-state index is 10.5. The van der Waals surface area contributed by atoms with E-state index in [4.69, 9.17) is 16.7 Å². The molecule has 90 valence electrons. The molecule has 0 aliphatic heterocycles. The van der Waals surface area contributed by atoms with Crippen molar-refractivity contribution in [1.82, 2.24) is 0 Å². The van der Waals surface area contributed by atoms with Gasteiger partial charge in [0.2, 0.25) is 5.70 Å². The van der Waals surface area contributed by atoms with Gasteiger partial charge in [0.05, 0.1) is 0 Å². The Labute approximate surface area is 102 Å². The largest absolute Gasteiger partial charge is 0.510 e. The van der Waals surface area contributed by atoms with Crippen LogP contribution < -0.4 is 0 Å². The van der Waals surface area contributed by atoms with Crippen LogP contribution in [0.2, 0.25) is 5.02 Å². The molecule has 0 heterocycles. The van der Waals surface area contributed by atoms with Gasteiger partial charge in [-0.1, -0.05) is 23.7 Å². The molecule has 0 radical (unpaired) electrons. The van der Waals surface area contributed by atoms with Gasteiger partial charge in [-0.3, -0.25) is 0 Å². The number of carboxylic acid groups (broad SMARTS) is 1. The summed E-state index contributed by atoms with van der Waals surface area (Å²) in [5, 5.41) is 20.8. The van der Waals surface area contributed by atoms with Crippen LogP contribution >= 0.6 is 11.6 Å². The highest BCUT2D eigenvalue weighted by Gasteiger charge is 2.14. The number of halogens is 1. The molecule has 6 heteroatoms. The van der Waals surface area contributed by atoms with Crippen LogP contribution in [0, 0.1) is 4.91 Å². The number of benzene rings is 1. The van der Waals surface area contributed by atoms with Crippen LogP contribution in [-0.4, -0.2) is 16.2 Å². The van der Waals surface area contributed by atoms with Crippen LogP contribution in [-0.2, 0) is 11.2 Å². The lowest BCUT2D eigenvalue weighted by molar-refractivity contribution is -0.132. The highest BCUT2D eigenvalue weighted by molar-refractivity contribution is 6.30. The molecule has 1 aromatic carbocycles. The minimum Gasteiger partial charge on any atom is -0.510 e. The van der Waals surface area contributed by atoms with Gasteiger partial charge in [0, 0.05) is 11.4 Å². The van der Waals surface area contributed by atoms with Crippen molar-refractivity contribution in [2.45, 2.75) is 12.8 Å². The Bertz CT molecular complexity index is 470. The summed E-state index contributed by atoms with van der Waals surface area (Å²) >= 11 is 5.76. The second kappa shape index (κ2) is 6.00. The molecule has 17 heavy (non-hydrogen) atoms. The number of rotatable bonds is 5. The number of carboxylic acids is 1. The van der Waals surface area contributed by atoms with E-state index in [0.717, 1.165) is 5.56 Å². The fourth-order valence-electron chi connectivity index (χ4n) is 1.29. The number of hydrogen-bond acceptors (Lipinski definition) is 4. The smallest absolute Gasteiger partial charge is 0.361 e. The first-order chi connectivity index (χ1) is 8.04. The lowest BCUT2D eigenvalue weighted by Gasteiger charge is -2.02. The molecule has 0 saturated carbocycles. The summed E-state index contributed by atoms with van der Waals surface area (Å²) in [5.41, 5.74) is -0.0216. The average Bonchev–Trinajstić information content (AvgIpc) is 2.27. The highest BCUT2D eigenvalue weighted by Crippen LogP contribution is 2.15. The van der Waals surface area contributed by atoms with E-state index in [2.05, 4.69) is 5.18 Å². The Balaban J connectivity index is 2.74. The molecule has 0 amide bonds. The van der Waals surface area contributed by atoms with E-state index in [0.29, 0.717) is 11.4 Å². The number of nitrogens with zero attached hydrogens (tertiary/aromatic N) is 1. The zero-order valence-corrected chi connectivity index (χ0v) is 9.52. The number of aliphatic carboxylic acids is 1. The Morgan fingerprint density at radius 1 is 1.35 bits per heavy atom. The van der Waals surface area contributed by atoms with Crippen LogP contribution in [0.3, 0.4) is 0 Å². The van der Waals surface area contributed by atoms with Gasteiger partial charge in [-0.2, -0.15) is 0 Å². The van der Waals surface area contributed by atoms with E-state index in [9.17, 15) is 14.8 Å². The van der Waals surface area contributed by atoms with Gasteiger partial charge >= 0.3 is 5.97 Å². The van der Waals surface area contributed by atoms with Crippen LogP contribution in [0.25, 0.3) is 0 Å². The van der Waals surface area contributed by atoms with E-state index < -0.39 is 17.4 Å². The zero-order chi connectivity index (χ0) is 12.8. The third kappa shape index (κ3) is 3.88. The van der Waals surface area contributed by atoms with Gasteiger partial charge in [0.25, 0.3) is 0 Å². The number of aliphatic hydroxyl groups is 1. The predicted molar refractivity (Wildman–Crippen MR) is 62.9 cm³/mol. The molecule has 0 atom stereocenters. The van der Waals surface area contributed by atoms with Crippen LogP contribution in [0.5, 0.6) is 0 Å². The van der Waals surface area contributed by atoms with Crippen molar-refractivity contribution in [1.29, 1.82) is 0 Å². The van der Waals surface area contributed by atoms with Gasteiger partial charge < -0.3 is 10.2 Å². The van der Waals surface area contributed by atoms with Gasteiger partial charge in [-0.15, -0.1) is 4.91 Å². The van der Waals surface area contributed by atoms with E-state index in [-0.39, 0.29) is 6.42 Å². The third-order valence-electron chi connectivity index (χ3n) is 2.11. The number of hydrogen-bond donors (Lipinski definition) is 2. The van der Waals surface area contributed by atoms with Crippen molar-refractivity contribution < 1.29 is 15.0 Å². The number of allylic oxidation sites excluding steroid dienone is 1. The van der Waals surface area contributed by atoms with Gasteiger partial charge in [-0.25, -0.2) is 4.79 Å². The van der Waals surface area contributed by atoms with E-state index in [1.807, 2.05) is 0 Å². The molecule has 0 aromatic heterocycles. The van der Waals surface area contributed by atoms with Crippen molar-refractivity contribution in [2.24, 2.45) is 5.18 Å². The quantitative estimate of drug-likeness (QED) is 0.481. The van der Waals surface area contributed by atoms with Crippen molar-refractivity contribution in [3.05, 3.63) is 51.2 Å². The van der Waals surface area contributed by atoms with Gasteiger partial charge in [-0.05, 0) is 29.3 Å². The lowest BCUT2D eigenvalue weighted by atomic mass is 10.1. The van der Waals surface area contributed by atoms with Gasteiger partial charge in [0.15, 0.2) is 0 Å². The fourth-order valence-corrected chi connectivity index (χ4v) is 1.50. The molecule has 0 unspecified atom stereocenters. The molecule has 0 spiro atoms. The maximum absolute atomic E-state index is 10.5. The normalized spacial score (nSPS) is 11.8. The molecular weight excluding hydrogens is 246 g/mol. The summed E-state index contributed by atoms with van der Waals surface area (Å²) < 4.78 is 0. The molecule has 0 saturated heterocycles. The topological polar surface area (TPSA) is 87.0 Å². The summed E-state index contributed by atoms with van der Waals surface area (Å²) in [6.07, 6.45) is 0.395. The van der Waals surface area contributed by atoms with Crippen LogP contribution in [0.4, 0.5) is 0 Å². The summed E-state index contributed by atoms with van der Waals surface area (Å²) in [5.74, 6) is -2.07. The zero-order valence-electron chi connectivity index (χ0n) is 8.76. The number of carbonyl (C=O) groups is 1. The first-order valence-corrected chi connectivity index (χ1v) is 5.15. The molecule has 5 nitrogen and oxygen atoms in total. The molecule has 1 rings (SSSR count). The molecule has 2 N–H and O–H groups in total. The lowest BCUT2D eigenvalue weighted by Crippen LogP contribution is -2.03. The van der Waals surface area contributed by atoms with E-state index >= 15 is 0 Å². The molecule has 0 bridgehead atoms. The summed E-state index contributed by atoms with van der Waals surface area (Å²) in [7, 11) is 0.